The second kappa shape index (κ2) is 8.87. The Kier molecular flexibility index (Phi) is 8.47. The smallest absolute Gasteiger partial charge is 0.408 e. The number of carbonyl (C=O) groups is 2. The predicted octanol–water partition coefficient (Wildman–Crippen LogP) is 5.49. The number of Topliss-reactive ketones (excluding diaryl/α,β-unsaturated/α-hetero) is 1. The molecule has 0 aromatic rings. The number of alkyl carbamates (subject to hydrolysis) is 1. The molecule has 0 aliphatic rings. The molecule has 1 atom stereocenters. The molecule has 4 heteroatoms. The molecule has 0 aromatic carbocycles. The quantitative estimate of drug-likeness (QED) is 0.623. The van der Waals surface area contributed by atoms with Crippen LogP contribution in [-0.4, -0.2) is 23.5 Å². The molecule has 0 fully saturated rings. The van der Waals surface area contributed by atoms with Gasteiger partial charge >= 0.3 is 6.09 Å². The first-order valence-electron chi connectivity index (χ1n) is 9.16. The van der Waals surface area contributed by atoms with E-state index in [1.54, 1.807) is 0 Å². The van der Waals surface area contributed by atoms with Crippen molar-refractivity contribution < 1.29 is 14.3 Å². The maximum absolute atomic E-state index is 12.6. The van der Waals surface area contributed by atoms with Crippen molar-refractivity contribution >= 4 is 11.9 Å². The average Bonchev–Trinajstić information content (AvgIpc) is 2.31. The molecule has 24 heavy (non-hydrogen) atoms. The Morgan fingerprint density at radius 2 is 1.42 bits per heavy atom. The first-order valence-corrected chi connectivity index (χ1v) is 9.16. The van der Waals surface area contributed by atoms with Crippen LogP contribution in [0, 0.1) is 10.8 Å². The van der Waals surface area contributed by atoms with Crippen LogP contribution < -0.4 is 5.32 Å². The van der Waals surface area contributed by atoms with Crippen LogP contribution in [0.3, 0.4) is 0 Å². The number of rotatable bonds is 7. The van der Waals surface area contributed by atoms with Crippen LogP contribution in [0.4, 0.5) is 4.79 Å². The summed E-state index contributed by atoms with van der Waals surface area (Å²) >= 11 is 0. The SMILES string of the molecule is CC(C)(C)CCCCCC(NC(=O)OC(C)(C)C)C(=O)C(C)(C)C. The summed E-state index contributed by atoms with van der Waals surface area (Å²) in [6, 6.07) is -0.477. The number of nitrogens with one attached hydrogen (secondary N) is 1. The maximum atomic E-state index is 12.6. The second-order valence-electron chi connectivity index (χ2n) is 9.97. The molecular weight excluding hydrogens is 302 g/mol. The fraction of sp³-hybridized carbons (Fsp3) is 0.900. The van der Waals surface area contributed by atoms with Gasteiger partial charge in [0.2, 0.25) is 0 Å². The zero-order chi connectivity index (χ0) is 19.2. The van der Waals surface area contributed by atoms with E-state index in [1.165, 1.54) is 6.42 Å². The third-order valence-corrected chi connectivity index (χ3v) is 3.67. The van der Waals surface area contributed by atoms with Crippen molar-refractivity contribution in [3.8, 4) is 0 Å². The summed E-state index contributed by atoms with van der Waals surface area (Å²) in [5.74, 6) is 0.0594. The normalized spacial score (nSPS) is 14.2. The van der Waals surface area contributed by atoms with Gasteiger partial charge in [0.25, 0.3) is 0 Å². The Morgan fingerprint density at radius 1 is 0.875 bits per heavy atom. The molecule has 142 valence electrons. The lowest BCUT2D eigenvalue weighted by atomic mass is 9.84. The number of unbranched alkanes of at least 4 members (excludes halogenated alkanes) is 2. The Bertz CT molecular complexity index is 408. The van der Waals surface area contributed by atoms with Crippen LogP contribution in [0.15, 0.2) is 0 Å². The van der Waals surface area contributed by atoms with Gasteiger partial charge in [0, 0.05) is 5.41 Å². The third kappa shape index (κ3) is 11.5. The van der Waals surface area contributed by atoms with Crippen molar-refractivity contribution in [1.82, 2.24) is 5.32 Å². The number of ether oxygens (including phenoxy) is 1. The number of hydrogen-bond donors (Lipinski definition) is 1. The molecule has 1 unspecified atom stereocenters. The van der Waals surface area contributed by atoms with E-state index in [0.29, 0.717) is 11.8 Å². The molecule has 0 bridgehead atoms. The maximum Gasteiger partial charge on any atom is 0.408 e. The molecular formula is C20H39NO3. The van der Waals surface area contributed by atoms with E-state index < -0.39 is 23.2 Å². The number of carbonyl (C=O) groups excluding carboxylic acids is 2. The summed E-state index contributed by atoms with van der Waals surface area (Å²) in [4.78, 5) is 24.7. The fourth-order valence-electron chi connectivity index (χ4n) is 2.42. The monoisotopic (exact) mass is 341 g/mol. The first kappa shape index (κ1) is 22.9. The van der Waals surface area contributed by atoms with Crippen molar-refractivity contribution in [2.45, 2.75) is 106 Å². The van der Waals surface area contributed by atoms with Crippen LogP contribution in [0.25, 0.3) is 0 Å². The summed E-state index contributed by atoms with van der Waals surface area (Å²) < 4.78 is 5.30. The van der Waals surface area contributed by atoms with Crippen LogP contribution in [-0.2, 0) is 9.53 Å². The molecule has 1 amide bonds. The largest absolute Gasteiger partial charge is 0.444 e. The number of hydrogen-bond acceptors (Lipinski definition) is 3. The molecule has 4 nitrogen and oxygen atoms in total. The van der Waals surface area contributed by atoms with Crippen LogP contribution in [0.5, 0.6) is 0 Å². The van der Waals surface area contributed by atoms with Crippen molar-refractivity contribution in [3.05, 3.63) is 0 Å². The standard InChI is InChI=1S/C20H39NO3/c1-18(2,3)14-12-10-11-13-15(16(22)19(4,5)6)21-17(23)24-20(7,8)9/h15H,10-14H2,1-9H3,(H,21,23). The van der Waals surface area contributed by atoms with E-state index >= 15 is 0 Å². The number of ketones is 1. The van der Waals surface area contributed by atoms with E-state index in [4.69, 9.17) is 4.74 Å². The van der Waals surface area contributed by atoms with Crippen LogP contribution in [0.2, 0.25) is 0 Å². The second-order valence-corrected chi connectivity index (χ2v) is 9.97. The molecule has 0 aliphatic carbocycles. The molecule has 0 spiro atoms. The predicted molar refractivity (Wildman–Crippen MR) is 100 cm³/mol. The summed E-state index contributed by atoms with van der Waals surface area (Å²) in [6.45, 7) is 17.8. The lowest BCUT2D eigenvalue weighted by Gasteiger charge is -2.27. The summed E-state index contributed by atoms with van der Waals surface area (Å²) in [7, 11) is 0. The summed E-state index contributed by atoms with van der Waals surface area (Å²) in [5.41, 5.74) is -0.702. The summed E-state index contributed by atoms with van der Waals surface area (Å²) in [5, 5.41) is 2.78. The molecule has 0 aliphatic heterocycles. The Hall–Kier alpha value is -1.06. The minimum atomic E-state index is -0.563. The van der Waals surface area contributed by atoms with E-state index in [1.807, 2.05) is 41.5 Å². The molecule has 0 saturated carbocycles. The molecule has 0 aromatic heterocycles. The van der Waals surface area contributed by atoms with Crippen molar-refractivity contribution in [2.75, 3.05) is 0 Å². The third-order valence-electron chi connectivity index (χ3n) is 3.67. The highest BCUT2D eigenvalue weighted by molar-refractivity contribution is 5.91. The molecule has 0 radical (unpaired) electrons. The van der Waals surface area contributed by atoms with Crippen LogP contribution >= 0.6 is 0 Å². The molecule has 0 saturated heterocycles. The van der Waals surface area contributed by atoms with Crippen molar-refractivity contribution in [3.63, 3.8) is 0 Å². The molecule has 0 rings (SSSR count). The highest BCUT2D eigenvalue weighted by Gasteiger charge is 2.31. The van der Waals surface area contributed by atoms with Gasteiger partial charge in [-0.25, -0.2) is 4.79 Å². The molecule has 0 heterocycles. The number of amides is 1. The van der Waals surface area contributed by atoms with Crippen LogP contribution in [0.1, 0.15) is 94.4 Å². The van der Waals surface area contributed by atoms with Gasteiger partial charge in [-0.2, -0.15) is 0 Å². The topological polar surface area (TPSA) is 55.4 Å². The summed E-state index contributed by atoms with van der Waals surface area (Å²) in [6.07, 6.45) is 4.47. The van der Waals surface area contributed by atoms with Gasteiger partial charge < -0.3 is 10.1 Å². The van der Waals surface area contributed by atoms with Gasteiger partial charge in [-0.05, 0) is 39.0 Å². The lowest BCUT2D eigenvalue weighted by molar-refractivity contribution is -0.128. The highest BCUT2D eigenvalue weighted by atomic mass is 16.6. The minimum Gasteiger partial charge on any atom is -0.444 e. The average molecular weight is 342 g/mol. The van der Waals surface area contributed by atoms with E-state index in [2.05, 4.69) is 26.1 Å². The zero-order valence-electron chi connectivity index (χ0n) is 17.3. The van der Waals surface area contributed by atoms with E-state index in [9.17, 15) is 9.59 Å². The Morgan fingerprint density at radius 3 is 1.83 bits per heavy atom. The van der Waals surface area contributed by atoms with E-state index in [-0.39, 0.29) is 5.78 Å². The van der Waals surface area contributed by atoms with Gasteiger partial charge in [0.15, 0.2) is 5.78 Å². The molecule has 1 N–H and O–H groups in total. The fourth-order valence-corrected chi connectivity index (χ4v) is 2.42. The van der Waals surface area contributed by atoms with Crippen molar-refractivity contribution in [1.29, 1.82) is 0 Å². The van der Waals surface area contributed by atoms with Gasteiger partial charge in [-0.15, -0.1) is 0 Å². The minimum absolute atomic E-state index is 0.0594. The Labute approximate surface area is 149 Å². The van der Waals surface area contributed by atoms with Gasteiger partial charge in [-0.1, -0.05) is 60.8 Å². The van der Waals surface area contributed by atoms with Gasteiger partial charge in [-0.3, -0.25) is 4.79 Å². The van der Waals surface area contributed by atoms with Crippen molar-refractivity contribution in [2.24, 2.45) is 10.8 Å². The van der Waals surface area contributed by atoms with E-state index in [0.717, 1.165) is 19.3 Å². The van der Waals surface area contributed by atoms with Gasteiger partial charge in [0.1, 0.15) is 5.60 Å². The Balaban J connectivity index is 4.61. The first-order chi connectivity index (χ1) is 10.6. The lowest BCUT2D eigenvalue weighted by Crippen LogP contribution is -2.47. The highest BCUT2D eigenvalue weighted by Crippen LogP contribution is 2.24. The van der Waals surface area contributed by atoms with Gasteiger partial charge in [0.05, 0.1) is 6.04 Å². The zero-order valence-corrected chi connectivity index (χ0v) is 17.3.